The SMILES string of the molecule is Nc1ccc(N(CCO)CC(F)F)nc1OCC1CC1. The van der Waals surface area contributed by atoms with Crippen LogP contribution in [-0.4, -0.2) is 42.8 Å². The first-order valence-electron chi connectivity index (χ1n) is 6.63. The van der Waals surface area contributed by atoms with E-state index < -0.39 is 13.0 Å². The molecule has 112 valence electrons. The number of nitrogens with zero attached hydrogens (tertiary/aromatic N) is 2. The van der Waals surface area contributed by atoms with Crippen molar-refractivity contribution in [1.29, 1.82) is 0 Å². The Morgan fingerprint density at radius 1 is 1.45 bits per heavy atom. The smallest absolute Gasteiger partial charge is 0.255 e. The highest BCUT2D eigenvalue weighted by Gasteiger charge is 2.23. The number of anilines is 2. The van der Waals surface area contributed by atoms with Crippen molar-refractivity contribution in [3.8, 4) is 5.88 Å². The molecular formula is C13H19F2N3O2. The van der Waals surface area contributed by atoms with E-state index in [1.54, 1.807) is 12.1 Å². The van der Waals surface area contributed by atoms with Gasteiger partial charge in [-0.2, -0.15) is 4.98 Å². The second-order valence-electron chi connectivity index (χ2n) is 4.88. The molecule has 3 N–H and O–H groups in total. The van der Waals surface area contributed by atoms with E-state index in [1.165, 1.54) is 4.90 Å². The summed E-state index contributed by atoms with van der Waals surface area (Å²) >= 11 is 0. The predicted octanol–water partition coefficient (Wildman–Crippen LogP) is 1.52. The molecule has 7 heteroatoms. The lowest BCUT2D eigenvalue weighted by Crippen LogP contribution is -2.32. The number of aliphatic hydroxyl groups is 1. The Morgan fingerprint density at radius 3 is 2.80 bits per heavy atom. The molecule has 0 saturated heterocycles. The van der Waals surface area contributed by atoms with Crippen LogP contribution < -0.4 is 15.4 Å². The minimum atomic E-state index is -2.50. The Labute approximate surface area is 116 Å². The van der Waals surface area contributed by atoms with Crippen molar-refractivity contribution in [1.82, 2.24) is 4.98 Å². The number of rotatable bonds is 8. The largest absolute Gasteiger partial charge is 0.476 e. The van der Waals surface area contributed by atoms with Crippen LogP contribution in [0.4, 0.5) is 20.3 Å². The third-order valence-corrected chi connectivity index (χ3v) is 3.08. The van der Waals surface area contributed by atoms with Crippen molar-refractivity contribution >= 4 is 11.5 Å². The summed E-state index contributed by atoms with van der Waals surface area (Å²) in [6.07, 6.45) is -0.222. The van der Waals surface area contributed by atoms with Crippen molar-refractivity contribution in [3.05, 3.63) is 12.1 Å². The molecule has 1 heterocycles. The van der Waals surface area contributed by atoms with E-state index in [9.17, 15) is 8.78 Å². The van der Waals surface area contributed by atoms with Crippen molar-refractivity contribution in [2.24, 2.45) is 5.92 Å². The number of aliphatic hydroxyl groups excluding tert-OH is 1. The fourth-order valence-electron chi connectivity index (χ4n) is 1.80. The fourth-order valence-corrected chi connectivity index (χ4v) is 1.80. The molecule has 0 spiro atoms. The van der Waals surface area contributed by atoms with Gasteiger partial charge in [-0.25, -0.2) is 8.78 Å². The Hall–Kier alpha value is -1.63. The van der Waals surface area contributed by atoms with Crippen LogP contribution in [0.25, 0.3) is 0 Å². The molecule has 1 aromatic heterocycles. The highest BCUT2D eigenvalue weighted by Crippen LogP contribution is 2.31. The van der Waals surface area contributed by atoms with Gasteiger partial charge in [0.15, 0.2) is 0 Å². The third kappa shape index (κ3) is 4.19. The molecular weight excluding hydrogens is 268 g/mol. The van der Waals surface area contributed by atoms with Gasteiger partial charge in [-0.05, 0) is 30.9 Å². The lowest BCUT2D eigenvalue weighted by molar-refractivity contribution is 0.152. The average Bonchev–Trinajstić information content (AvgIpc) is 3.21. The van der Waals surface area contributed by atoms with Gasteiger partial charge >= 0.3 is 0 Å². The van der Waals surface area contributed by atoms with Crippen LogP contribution >= 0.6 is 0 Å². The summed E-state index contributed by atoms with van der Waals surface area (Å²) in [7, 11) is 0. The van der Waals surface area contributed by atoms with Crippen molar-refractivity contribution in [2.75, 3.05) is 36.9 Å². The molecule has 1 fully saturated rings. The van der Waals surface area contributed by atoms with E-state index in [4.69, 9.17) is 15.6 Å². The molecule has 1 aliphatic carbocycles. The molecule has 0 amide bonds. The van der Waals surface area contributed by atoms with Gasteiger partial charge in [0.25, 0.3) is 6.43 Å². The van der Waals surface area contributed by atoms with Crippen LogP contribution in [0.2, 0.25) is 0 Å². The molecule has 1 aliphatic rings. The minimum absolute atomic E-state index is 0.0866. The second-order valence-corrected chi connectivity index (χ2v) is 4.88. The van der Waals surface area contributed by atoms with Gasteiger partial charge in [0.05, 0.1) is 25.4 Å². The summed E-state index contributed by atoms with van der Waals surface area (Å²) in [6.45, 7) is -0.0740. The van der Waals surface area contributed by atoms with Crippen LogP contribution in [0.1, 0.15) is 12.8 Å². The van der Waals surface area contributed by atoms with E-state index in [1.807, 2.05) is 0 Å². The highest BCUT2D eigenvalue weighted by molar-refractivity contribution is 5.54. The quantitative estimate of drug-likeness (QED) is 0.758. The Kier molecular flexibility index (Phi) is 4.94. The summed E-state index contributed by atoms with van der Waals surface area (Å²) in [4.78, 5) is 5.49. The number of aromatic nitrogens is 1. The summed E-state index contributed by atoms with van der Waals surface area (Å²) < 4.78 is 30.6. The van der Waals surface area contributed by atoms with Gasteiger partial charge in [-0.1, -0.05) is 0 Å². The molecule has 1 aromatic rings. The van der Waals surface area contributed by atoms with Gasteiger partial charge in [0, 0.05) is 6.54 Å². The molecule has 0 aliphatic heterocycles. The highest BCUT2D eigenvalue weighted by atomic mass is 19.3. The summed E-state index contributed by atoms with van der Waals surface area (Å²) in [5.41, 5.74) is 6.15. The fraction of sp³-hybridized carbons (Fsp3) is 0.615. The van der Waals surface area contributed by atoms with Gasteiger partial charge in [0.1, 0.15) is 5.82 Å². The van der Waals surface area contributed by atoms with Crippen LogP contribution in [0, 0.1) is 5.92 Å². The maximum absolute atomic E-state index is 12.5. The third-order valence-electron chi connectivity index (χ3n) is 3.08. The van der Waals surface area contributed by atoms with E-state index in [0.29, 0.717) is 24.0 Å². The van der Waals surface area contributed by atoms with Crippen LogP contribution in [-0.2, 0) is 0 Å². The number of hydrogen-bond acceptors (Lipinski definition) is 5. The molecule has 0 unspecified atom stereocenters. The first-order valence-corrected chi connectivity index (χ1v) is 6.63. The van der Waals surface area contributed by atoms with Gasteiger partial charge in [-0.15, -0.1) is 0 Å². The summed E-state index contributed by atoms with van der Waals surface area (Å²) in [5, 5.41) is 8.95. The number of nitrogens with two attached hydrogens (primary N) is 1. The Bertz CT molecular complexity index is 442. The monoisotopic (exact) mass is 287 g/mol. The lowest BCUT2D eigenvalue weighted by Gasteiger charge is -2.23. The van der Waals surface area contributed by atoms with Gasteiger partial charge in [-0.3, -0.25) is 0 Å². The van der Waals surface area contributed by atoms with E-state index in [2.05, 4.69) is 4.98 Å². The first kappa shape index (κ1) is 14.8. The van der Waals surface area contributed by atoms with Crippen LogP contribution in [0.3, 0.4) is 0 Å². The maximum atomic E-state index is 12.5. The number of halogens is 2. The lowest BCUT2D eigenvalue weighted by atomic mass is 10.3. The van der Waals surface area contributed by atoms with Crippen molar-refractivity contribution in [2.45, 2.75) is 19.3 Å². The standard InChI is InChI=1S/C13H19F2N3O2/c14-11(15)7-18(5-6-19)12-4-3-10(16)13(17-12)20-8-9-1-2-9/h3-4,9,11,19H,1-2,5-8,16H2. The molecule has 5 nitrogen and oxygen atoms in total. The van der Waals surface area contributed by atoms with Crippen LogP contribution in [0.5, 0.6) is 5.88 Å². The van der Waals surface area contributed by atoms with Gasteiger partial charge < -0.3 is 20.5 Å². The number of pyridine rings is 1. The second kappa shape index (κ2) is 6.69. The van der Waals surface area contributed by atoms with Gasteiger partial charge in [0.2, 0.25) is 5.88 Å². The normalized spacial score (nSPS) is 14.6. The zero-order chi connectivity index (χ0) is 14.5. The summed E-state index contributed by atoms with van der Waals surface area (Å²) in [5.74, 6) is 1.15. The molecule has 0 bridgehead atoms. The molecule has 1 saturated carbocycles. The molecule has 20 heavy (non-hydrogen) atoms. The van der Waals surface area contributed by atoms with E-state index in [0.717, 1.165) is 12.8 Å². The Morgan fingerprint density at radius 2 is 2.20 bits per heavy atom. The zero-order valence-corrected chi connectivity index (χ0v) is 11.1. The maximum Gasteiger partial charge on any atom is 0.255 e. The predicted molar refractivity (Wildman–Crippen MR) is 72.2 cm³/mol. The topological polar surface area (TPSA) is 71.6 Å². The zero-order valence-electron chi connectivity index (χ0n) is 11.1. The minimum Gasteiger partial charge on any atom is -0.476 e. The number of ether oxygens (including phenoxy) is 1. The van der Waals surface area contributed by atoms with E-state index in [-0.39, 0.29) is 19.0 Å². The molecule has 0 atom stereocenters. The first-order chi connectivity index (χ1) is 9.60. The number of nitrogen functional groups attached to an aromatic ring is 1. The average molecular weight is 287 g/mol. The van der Waals surface area contributed by atoms with Crippen molar-refractivity contribution < 1.29 is 18.6 Å². The number of alkyl halides is 2. The summed E-state index contributed by atoms with van der Waals surface area (Å²) in [6, 6.07) is 3.14. The van der Waals surface area contributed by atoms with Crippen LogP contribution in [0.15, 0.2) is 12.1 Å². The van der Waals surface area contributed by atoms with E-state index >= 15 is 0 Å². The molecule has 2 rings (SSSR count). The van der Waals surface area contributed by atoms with Crippen molar-refractivity contribution in [3.63, 3.8) is 0 Å². The molecule has 0 aromatic carbocycles. The molecule has 0 radical (unpaired) electrons. The number of hydrogen-bond donors (Lipinski definition) is 2. The Balaban J connectivity index is 2.09.